The number of nitrogens with two attached hydrogens (primary N) is 1. The fourth-order valence-corrected chi connectivity index (χ4v) is 3.45. The molecule has 0 aromatic heterocycles. The topological polar surface area (TPSA) is 46.3 Å². The second-order valence-corrected chi connectivity index (χ2v) is 6.46. The molecule has 3 rings (SSSR count). The lowest BCUT2D eigenvalue weighted by Crippen LogP contribution is -2.33. The predicted molar refractivity (Wildman–Crippen MR) is 93.1 cm³/mol. The zero-order valence-corrected chi connectivity index (χ0v) is 13.7. The van der Waals surface area contributed by atoms with Gasteiger partial charge in [-0.1, -0.05) is 54.1 Å². The van der Waals surface area contributed by atoms with Gasteiger partial charge in [0.15, 0.2) is 0 Å². The quantitative estimate of drug-likeness (QED) is 0.918. The molecule has 1 aliphatic heterocycles. The van der Waals surface area contributed by atoms with Crippen molar-refractivity contribution in [2.75, 3.05) is 6.54 Å². The summed E-state index contributed by atoms with van der Waals surface area (Å²) in [5.41, 5.74) is 8.31. The summed E-state index contributed by atoms with van der Waals surface area (Å²) >= 11 is 6.09. The Bertz CT molecular complexity index is 674. The van der Waals surface area contributed by atoms with Crippen molar-refractivity contribution >= 4 is 17.5 Å². The Kier molecular flexibility index (Phi) is 4.99. The first-order chi connectivity index (χ1) is 11.1. The van der Waals surface area contributed by atoms with E-state index in [0.717, 1.165) is 30.5 Å². The zero-order valence-electron chi connectivity index (χ0n) is 13.0. The van der Waals surface area contributed by atoms with Crippen LogP contribution in [0.4, 0.5) is 0 Å². The first-order valence-electron chi connectivity index (χ1n) is 8.00. The molecule has 1 saturated heterocycles. The van der Waals surface area contributed by atoms with Crippen LogP contribution in [0.25, 0.3) is 0 Å². The Labute approximate surface area is 142 Å². The molecular formula is C19H21ClN2O. The minimum absolute atomic E-state index is 0.115. The third kappa shape index (κ3) is 3.74. The number of benzene rings is 2. The number of carbonyl (C=O) groups excluding carboxylic acids is 1. The van der Waals surface area contributed by atoms with Gasteiger partial charge >= 0.3 is 0 Å². The lowest BCUT2D eigenvalue weighted by Gasteiger charge is -2.26. The van der Waals surface area contributed by atoms with Gasteiger partial charge in [-0.05, 0) is 36.1 Å². The molecular weight excluding hydrogens is 308 g/mol. The van der Waals surface area contributed by atoms with E-state index in [0.29, 0.717) is 11.4 Å². The molecule has 3 nitrogen and oxygen atoms in total. The highest BCUT2D eigenvalue weighted by atomic mass is 35.5. The summed E-state index contributed by atoms with van der Waals surface area (Å²) in [5, 5.41) is 0.711. The summed E-state index contributed by atoms with van der Waals surface area (Å²) in [5.74, 6) is 0.115. The zero-order chi connectivity index (χ0) is 16.2. The first-order valence-corrected chi connectivity index (χ1v) is 8.38. The van der Waals surface area contributed by atoms with Crippen LogP contribution < -0.4 is 5.73 Å². The lowest BCUT2D eigenvalue weighted by atomic mass is 10.0. The van der Waals surface area contributed by atoms with Gasteiger partial charge in [0.1, 0.15) is 0 Å². The molecule has 0 radical (unpaired) electrons. The highest BCUT2D eigenvalue weighted by Gasteiger charge is 2.30. The van der Waals surface area contributed by atoms with E-state index in [1.54, 1.807) is 0 Å². The first kappa shape index (κ1) is 16.0. The number of halogens is 1. The van der Waals surface area contributed by atoms with Crippen LogP contribution in [0.15, 0.2) is 54.6 Å². The fraction of sp³-hybridized carbons (Fsp3) is 0.316. The van der Waals surface area contributed by atoms with Crippen LogP contribution in [-0.4, -0.2) is 17.4 Å². The van der Waals surface area contributed by atoms with Crippen molar-refractivity contribution in [1.82, 2.24) is 4.90 Å². The van der Waals surface area contributed by atoms with Crippen LogP contribution in [0.5, 0.6) is 0 Å². The number of hydrogen-bond acceptors (Lipinski definition) is 2. The van der Waals surface area contributed by atoms with Crippen molar-refractivity contribution in [1.29, 1.82) is 0 Å². The number of likely N-dealkylation sites (tertiary alicyclic amines) is 1. The monoisotopic (exact) mass is 328 g/mol. The van der Waals surface area contributed by atoms with Crippen molar-refractivity contribution in [2.45, 2.75) is 31.3 Å². The van der Waals surface area contributed by atoms with E-state index < -0.39 is 0 Å². The summed E-state index contributed by atoms with van der Waals surface area (Å²) in [7, 11) is 0. The molecule has 4 heteroatoms. The second-order valence-electron chi connectivity index (χ2n) is 6.02. The average Bonchev–Trinajstić information content (AvgIpc) is 3.05. The second kappa shape index (κ2) is 7.16. The van der Waals surface area contributed by atoms with Crippen LogP contribution in [-0.2, 0) is 4.79 Å². The molecule has 1 heterocycles. The molecule has 23 heavy (non-hydrogen) atoms. The SMILES string of the molecule is NC(CC(=O)N1CCCC1c1cccc(Cl)c1)c1ccccc1. The molecule has 2 atom stereocenters. The van der Waals surface area contributed by atoms with Crippen LogP contribution >= 0.6 is 11.6 Å². The van der Waals surface area contributed by atoms with Gasteiger partial charge in [-0.25, -0.2) is 0 Å². The maximum absolute atomic E-state index is 12.7. The largest absolute Gasteiger partial charge is 0.336 e. The normalized spacial score (nSPS) is 18.9. The van der Waals surface area contributed by atoms with Crippen molar-refractivity contribution in [2.24, 2.45) is 5.73 Å². The van der Waals surface area contributed by atoms with E-state index in [1.807, 2.05) is 59.5 Å². The third-order valence-electron chi connectivity index (χ3n) is 4.43. The smallest absolute Gasteiger partial charge is 0.224 e. The van der Waals surface area contributed by atoms with Gasteiger partial charge in [-0.2, -0.15) is 0 Å². The van der Waals surface area contributed by atoms with E-state index in [-0.39, 0.29) is 18.0 Å². The molecule has 2 aromatic carbocycles. The Morgan fingerprint density at radius 2 is 2.00 bits per heavy atom. The van der Waals surface area contributed by atoms with Crippen LogP contribution in [0.3, 0.4) is 0 Å². The lowest BCUT2D eigenvalue weighted by molar-refractivity contribution is -0.132. The molecule has 2 aromatic rings. The van der Waals surface area contributed by atoms with Crippen molar-refractivity contribution in [3.05, 3.63) is 70.7 Å². The minimum Gasteiger partial charge on any atom is -0.336 e. The van der Waals surface area contributed by atoms with Crippen LogP contribution in [0, 0.1) is 0 Å². The molecule has 1 aliphatic rings. The van der Waals surface area contributed by atoms with Gasteiger partial charge in [0.2, 0.25) is 5.91 Å². The molecule has 0 aliphatic carbocycles. The highest BCUT2D eigenvalue weighted by Crippen LogP contribution is 2.34. The number of hydrogen-bond donors (Lipinski definition) is 1. The van der Waals surface area contributed by atoms with Crippen molar-refractivity contribution < 1.29 is 4.79 Å². The van der Waals surface area contributed by atoms with Gasteiger partial charge in [-0.15, -0.1) is 0 Å². The van der Waals surface area contributed by atoms with E-state index in [2.05, 4.69) is 0 Å². The Morgan fingerprint density at radius 1 is 1.22 bits per heavy atom. The van der Waals surface area contributed by atoms with E-state index in [9.17, 15) is 4.79 Å². The van der Waals surface area contributed by atoms with Gasteiger partial charge < -0.3 is 10.6 Å². The van der Waals surface area contributed by atoms with E-state index >= 15 is 0 Å². The molecule has 0 spiro atoms. The Balaban J connectivity index is 1.71. The number of rotatable bonds is 4. The maximum atomic E-state index is 12.7. The summed E-state index contributed by atoms with van der Waals surface area (Å²) < 4.78 is 0. The van der Waals surface area contributed by atoms with Gasteiger partial charge in [0, 0.05) is 24.0 Å². The highest BCUT2D eigenvalue weighted by molar-refractivity contribution is 6.30. The third-order valence-corrected chi connectivity index (χ3v) is 4.66. The summed E-state index contributed by atoms with van der Waals surface area (Å²) in [6, 6.07) is 17.4. The molecule has 0 bridgehead atoms. The Morgan fingerprint density at radius 3 is 2.74 bits per heavy atom. The number of carbonyl (C=O) groups is 1. The molecule has 0 saturated carbocycles. The molecule has 1 amide bonds. The standard InChI is InChI=1S/C19H21ClN2O/c20-16-9-4-8-15(12-16)18-10-5-11-22(18)19(23)13-17(21)14-6-2-1-3-7-14/h1-4,6-9,12,17-18H,5,10-11,13,21H2. The predicted octanol–water partition coefficient (Wildman–Crippen LogP) is 4.09. The Hall–Kier alpha value is -1.84. The summed E-state index contributed by atoms with van der Waals surface area (Å²) in [4.78, 5) is 14.7. The van der Waals surface area contributed by atoms with Gasteiger partial charge in [0.05, 0.1) is 6.04 Å². The summed E-state index contributed by atoms with van der Waals surface area (Å²) in [6.45, 7) is 0.789. The average molecular weight is 329 g/mol. The van der Waals surface area contributed by atoms with E-state index in [4.69, 9.17) is 17.3 Å². The van der Waals surface area contributed by atoms with Crippen molar-refractivity contribution in [3.8, 4) is 0 Å². The van der Waals surface area contributed by atoms with Gasteiger partial charge in [0.25, 0.3) is 0 Å². The van der Waals surface area contributed by atoms with Gasteiger partial charge in [-0.3, -0.25) is 4.79 Å². The molecule has 2 unspecified atom stereocenters. The van der Waals surface area contributed by atoms with Crippen LogP contribution in [0.1, 0.15) is 42.5 Å². The number of nitrogens with zero attached hydrogens (tertiary/aromatic N) is 1. The summed E-state index contributed by atoms with van der Waals surface area (Å²) in [6.07, 6.45) is 2.33. The fourth-order valence-electron chi connectivity index (χ4n) is 3.25. The molecule has 1 fully saturated rings. The van der Waals surface area contributed by atoms with Crippen LogP contribution in [0.2, 0.25) is 5.02 Å². The molecule has 120 valence electrons. The van der Waals surface area contributed by atoms with Crippen molar-refractivity contribution in [3.63, 3.8) is 0 Å². The minimum atomic E-state index is -0.260. The number of amides is 1. The van der Waals surface area contributed by atoms with E-state index in [1.165, 1.54) is 0 Å². The maximum Gasteiger partial charge on any atom is 0.224 e. The molecule has 2 N–H and O–H groups in total.